The molecule has 1 aromatic heterocycles. The Kier molecular flexibility index (Phi) is 6.00. The zero-order valence-corrected chi connectivity index (χ0v) is 17.2. The van der Waals surface area contributed by atoms with Gasteiger partial charge in [0.1, 0.15) is 5.82 Å². The summed E-state index contributed by atoms with van der Waals surface area (Å²) in [4.78, 5) is 4.96. The normalized spacial score (nSPS) is 15.8. The van der Waals surface area contributed by atoms with E-state index in [0.717, 1.165) is 56.5 Å². The molecule has 0 spiro atoms. The molecule has 2 heterocycles. The maximum atomic E-state index is 5.72. The Labute approximate surface area is 171 Å². The maximum Gasteiger partial charge on any atom is 0.199 e. The summed E-state index contributed by atoms with van der Waals surface area (Å²) in [7, 11) is 0. The van der Waals surface area contributed by atoms with Crippen molar-refractivity contribution in [3.63, 3.8) is 0 Å². The van der Waals surface area contributed by atoms with Gasteiger partial charge in [0.25, 0.3) is 0 Å². The highest BCUT2D eigenvalue weighted by molar-refractivity contribution is 7.71. The minimum atomic E-state index is 0.765. The predicted molar refractivity (Wildman–Crippen MR) is 115 cm³/mol. The highest BCUT2D eigenvalue weighted by Crippen LogP contribution is 2.11. The summed E-state index contributed by atoms with van der Waals surface area (Å²) in [5.41, 5.74) is 2.63. The fraction of sp³-hybridized carbons (Fsp3) is 0.364. The second kappa shape index (κ2) is 8.82. The van der Waals surface area contributed by atoms with Gasteiger partial charge in [0, 0.05) is 32.7 Å². The molecule has 1 saturated heterocycles. The molecule has 1 aliphatic heterocycles. The number of hydrogen-bond acceptors (Lipinski definition) is 4. The van der Waals surface area contributed by atoms with Crippen molar-refractivity contribution in [2.45, 2.75) is 26.7 Å². The molecule has 0 unspecified atom stereocenters. The van der Waals surface area contributed by atoms with Gasteiger partial charge in [-0.25, -0.2) is 4.68 Å². The lowest BCUT2D eigenvalue weighted by Gasteiger charge is -2.34. The summed E-state index contributed by atoms with van der Waals surface area (Å²) >= 11 is 5.72. The van der Waals surface area contributed by atoms with Crippen LogP contribution < -0.4 is 0 Å². The van der Waals surface area contributed by atoms with Gasteiger partial charge in [0.2, 0.25) is 0 Å². The molecular formula is C22H27N5S. The number of nitrogens with zero attached hydrogens (tertiary/aromatic N) is 5. The van der Waals surface area contributed by atoms with Gasteiger partial charge in [-0.2, -0.15) is 5.10 Å². The van der Waals surface area contributed by atoms with Crippen LogP contribution in [0.4, 0.5) is 0 Å². The van der Waals surface area contributed by atoms with E-state index in [-0.39, 0.29) is 0 Å². The van der Waals surface area contributed by atoms with E-state index in [1.807, 2.05) is 17.7 Å². The third-order valence-corrected chi connectivity index (χ3v) is 5.77. The van der Waals surface area contributed by atoms with Crippen LogP contribution in [0.2, 0.25) is 0 Å². The number of aromatic nitrogens is 3. The summed E-state index contributed by atoms with van der Waals surface area (Å²) in [5.74, 6) is 0.969. The van der Waals surface area contributed by atoms with Crippen LogP contribution in [0, 0.1) is 11.7 Å². The van der Waals surface area contributed by atoms with Crippen LogP contribution in [0.25, 0.3) is 0 Å². The second-order valence-corrected chi connectivity index (χ2v) is 7.79. The molecule has 6 heteroatoms. The Morgan fingerprint density at radius 3 is 1.93 bits per heavy atom. The van der Waals surface area contributed by atoms with E-state index in [2.05, 4.69) is 69.0 Å². The Morgan fingerprint density at radius 1 is 0.786 bits per heavy atom. The van der Waals surface area contributed by atoms with E-state index < -0.39 is 0 Å². The number of piperazine rings is 1. The van der Waals surface area contributed by atoms with Crippen LogP contribution in [-0.2, 0) is 19.8 Å². The average Bonchev–Trinajstić information content (AvgIpc) is 2.98. The minimum Gasteiger partial charge on any atom is -0.300 e. The van der Waals surface area contributed by atoms with Gasteiger partial charge in [0.05, 0.1) is 13.2 Å². The summed E-state index contributed by atoms with van der Waals surface area (Å²) < 4.78 is 4.89. The largest absolute Gasteiger partial charge is 0.300 e. The van der Waals surface area contributed by atoms with E-state index in [0.29, 0.717) is 0 Å². The molecular weight excluding hydrogens is 366 g/mol. The van der Waals surface area contributed by atoms with Crippen molar-refractivity contribution >= 4 is 12.2 Å². The maximum absolute atomic E-state index is 5.72. The summed E-state index contributed by atoms with van der Waals surface area (Å²) in [5, 5.41) is 4.71. The lowest BCUT2D eigenvalue weighted by Crippen LogP contribution is -2.46. The fourth-order valence-corrected chi connectivity index (χ4v) is 4.00. The molecule has 0 N–H and O–H groups in total. The Morgan fingerprint density at radius 2 is 1.32 bits per heavy atom. The first-order chi connectivity index (χ1) is 13.7. The van der Waals surface area contributed by atoms with Crippen molar-refractivity contribution in [3.8, 4) is 0 Å². The first-order valence-electron chi connectivity index (χ1n) is 9.86. The standard InChI is InChI=1S/C22H27N5S/c1-19-23-27(22(28)26(19)17-21-10-6-3-7-11-21)18-25-14-12-24(13-15-25)16-20-8-4-2-5-9-20/h2-11H,12-18H2,1H3. The molecule has 0 amide bonds. The van der Waals surface area contributed by atoms with Crippen molar-refractivity contribution in [1.82, 2.24) is 24.1 Å². The predicted octanol–water partition coefficient (Wildman–Crippen LogP) is 3.55. The first kappa shape index (κ1) is 19.1. The molecule has 0 aliphatic carbocycles. The highest BCUT2D eigenvalue weighted by atomic mass is 32.1. The zero-order valence-electron chi connectivity index (χ0n) is 16.4. The van der Waals surface area contributed by atoms with Gasteiger partial charge < -0.3 is 0 Å². The highest BCUT2D eigenvalue weighted by Gasteiger charge is 2.18. The first-order valence-corrected chi connectivity index (χ1v) is 10.3. The van der Waals surface area contributed by atoms with Crippen molar-refractivity contribution in [1.29, 1.82) is 0 Å². The van der Waals surface area contributed by atoms with Gasteiger partial charge in [-0.15, -0.1) is 0 Å². The van der Waals surface area contributed by atoms with Crippen LogP contribution in [-0.4, -0.2) is 50.3 Å². The SMILES string of the molecule is Cc1nn(CN2CCN(Cc3ccccc3)CC2)c(=S)n1Cc1ccccc1. The second-order valence-electron chi connectivity index (χ2n) is 7.42. The third kappa shape index (κ3) is 4.58. The average molecular weight is 394 g/mol. The summed E-state index contributed by atoms with van der Waals surface area (Å²) in [6, 6.07) is 21.1. The quantitative estimate of drug-likeness (QED) is 0.599. The van der Waals surface area contributed by atoms with Crippen molar-refractivity contribution in [2.24, 2.45) is 0 Å². The Hall–Kier alpha value is -2.28. The Balaban J connectivity index is 1.35. The topological polar surface area (TPSA) is 29.2 Å². The molecule has 4 rings (SSSR count). The zero-order chi connectivity index (χ0) is 19.3. The van der Waals surface area contributed by atoms with E-state index in [1.165, 1.54) is 11.1 Å². The summed E-state index contributed by atoms with van der Waals surface area (Å²) in [6.45, 7) is 8.83. The molecule has 5 nitrogen and oxygen atoms in total. The third-order valence-electron chi connectivity index (χ3n) is 5.34. The monoisotopic (exact) mass is 393 g/mol. The van der Waals surface area contributed by atoms with Gasteiger partial charge in [-0.3, -0.25) is 14.4 Å². The van der Waals surface area contributed by atoms with Gasteiger partial charge in [0.15, 0.2) is 4.77 Å². The lowest BCUT2D eigenvalue weighted by atomic mass is 10.2. The molecule has 0 saturated carbocycles. The minimum absolute atomic E-state index is 0.765. The molecule has 0 radical (unpaired) electrons. The molecule has 2 aromatic carbocycles. The van der Waals surface area contributed by atoms with Crippen LogP contribution in [0.1, 0.15) is 17.0 Å². The molecule has 0 atom stereocenters. The van der Waals surface area contributed by atoms with Crippen LogP contribution in [0.15, 0.2) is 60.7 Å². The summed E-state index contributed by atoms with van der Waals surface area (Å²) in [6.07, 6.45) is 0. The molecule has 1 aliphatic rings. The Bertz CT molecular complexity index is 940. The van der Waals surface area contributed by atoms with Crippen molar-refractivity contribution in [3.05, 3.63) is 82.4 Å². The number of aryl methyl sites for hydroxylation is 1. The lowest BCUT2D eigenvalue weighted by molar-refractivity contribution is 0.0979. The molecule has 146 valence electrons. The van der Waals surface area contributed by atoms with E-state index in [1.54, 1.807) is 0 Å². The number of benzene rings is 2. The molecule has 1 fully saturated rings. The van der Waals surface area contributed by atoms with Gasteiger partial charge in [-0.05, 0) is 30.3 Å². The molecule has 3 aromatic rings. The number of rotatable bonds is 6. The molecule has 28 heavy (non-hydrogen) atoms. The van der Waals surface area contributed by atoms with Crippen molar-refractivity contribution < 1.29 is 0 Å². The van der Waals surface area contributed by atoms with Crippen LogP contribution in [0.5, 0.6) is 0 Å². The number of hydrogen-bond donors (Lipinski definition) is 0. The van der Waals surface area contributed by atoms with Crippen LogP contribution in [0.3, 0.4) is 0 Å². The van der Waals surface area contributed by atoms with E-state index >= 15 is 0 Å². The van der Waals surface area contributed by atoms with Crippen LogP contribution >= 0.6 is 12.2 Å². The molecule has 0 bridgehead atoms. The van der Waals surface area contributed by atoms with E-state index in [4.69, 9.17) is 17.3 Å². The fourth-order valence-electron chi connectivity index (χ4n) is 3.71. The van der Waals surface area contributed by atoms with Gasteiger partial charge in [-0.1, -0.05) is 60.7 Å². The smallest absolute Gasteiger partial charge is 0.199 e. The van der Waals surface area contributed by atoms with Gasteiger partial charge >= 0.3 is 0 Å². The van der Waals surface area contributed by atoms with E-state index in [9.17, 15) is 0 Å². The van der Waals surface area contributed by atoms with Crippen molar-refractivity contribution in [2.75, 3.05) is 26.2 Å².